The molecule has 0 aliphatic heterocycles. The van der Waals surface area contributed by atoms with E-state index in [9.17, 15) is 4.79 Å². The highest BCUT2D eigenvalue weighted by atomic mass is 16.5. The van der Waals surface area contributed by atoms with Gasteiger partial charge >= 0.3 is 0 Å². The summed E-state index contributed by atoms with van der Waals surface area (Å²) in [4.78, 5) is 12.2. The van der Waals surface area contributed by atoms with Gasteiger partial charge in [-0.2, -0.15) is 5.10 Å². The standard InChI is InChI=1S/C22H28N2O4/c1-4-5-6-7-14-28-19-11-8-17(9-12-19)16-23-24-22(25)18-10-13-20(26-2)21(15-18)27-3/h8-13,15-16H,4-7,14H2,1-3H3,(H,24,25)/b23-16+. The molecular weight excluding hydrogens is 356 g/mol. The number of carbonyl (C=O) groups excluding carboxylic acids is 1. The maximum Gasteiger partial charge on any atom is 0.271 e. The van der Waals surface area contributed by atoms with E-state index in [-0.39, 0.29) is 5.91 Å². The molecule has 0 heterocycles. The molecule has 0 radical (unpaired) electrons. The molecule has 0 atom stereocenters. The number of nitrogens with one attached hydrogen (secondary N) is 1. The minimum atomic E-state index is -0.329. The summed E-state index contributed by atoms with van der Waals surface area (Å²) in [6, 6.07) is 12.5. The van der Waals surface area contributed by atoms with Crippen LogP contribution >= 0.6 is 0 Å². The predicted octanol–water partition coefficient (Wildman–Crippen LogP) is 4.43. The Morgan fingerprint density at radius 2 is 1.75 bits per heavy atom. The summed E-state index contributed by atoms with van der Waals surface area (Å²) < 4.78 is 16.1. The van der Waals surface area contributed by atoms with Crippen LogP contribution in [-0.4, -0.2) is 32.9 Å². The lowest BCUT2D eigenvalue weighted by Crippen LogP contribution is -2.17. The lowest BCUT2D eigenvalue weighted by atomic mass is 10.2. The van der Waals surface area contributed by atoms with Crippen LogP contribution in [0.4, 0.5) is 0 Å². The van der Waals surface area contributed by atoms with Crippen molar-refractivity contribution >= 4 is 12.1 Å². The van der Waals surface area contributed by atoms with E-state index in [1.807, 2.05) is 24.3 Å². The van der Waals surface area contributed by atoms with Crippen molar-refractivity contribution in [1.29, 1.82) is 0 Å². The van der Waals surface area contributed by atoms with Gasteiger partial charge in [0.05, 0.1) is 27.0 Å². The molecule has 0 fully saturated rings. The first-order valence-corrected chi connectivity index (χ1v) is 9.46. The zero-order chi connectivity index (χ0) is 20.2. The van der Waals surface area contributed by atoms with E-state index >= 15 is 0 Å². The maximum absolute atomic E-state index is 12.2. The van der Waals surface area contributed by atoms with Gasteiger partial charge in [0.1, 0.15) is 5.75 Å². The molecule has 0 saturated carbocycles. The first-order chi connectivity index (χ1) is 13.7. The average Bonchev–Trinajstić information content (AvgIpc) is 2.74. The van der Waals surface area contributed by atoms with Gasteiger partial charge in [-0.05, 0) is 54.4 Å². The zero-order valence-corrected chi connectivity index (χ0v) is 16.7. The normalized spacial score (nSPS) is 10.7. The van der Waals surface area contributed by atoms with Gasteiger partial charge in [0.2, 0.25) is 0 Å². The first-order valence-electron chi connectivity index (χ1n) is 9.46. The fourth-order valence-corrected chi connectivity index (χ4v) is 2.58. The highest BCUT2D eigenvalue weighted by Crippen LogP contribution is 2.27. The predicted molar refractivity (Wildman–Crippen MR) is 111 cm³/mol. The topological polar surface area (TPSA) is 69.2 Å². The molecular formula is C22H28N2O4. The summed E-state index contributed by atoms with van der Waals surface area (Å²) >= 11 is 0. The third kappa shape index (κ3) is 6.61. The number of methoxy groups -OCH3 is 2. The number of carbonyl (C=O) groups is 1. The van der Waals surface area contributed by atoms with Crippen LogP contribution in [0.25, 0.3) is 0 Å². The van der Waals surface area contributed by atoms with Crippen molar-refractivity contribution < 1.29 is 19.0 Å². The summed E-state index contributed by atoms with van der Waals surface area (Å²) in [5.74, 6) is 1.56. The van der Waals surface area contributed by atoms with Gasteiger partial charge in [0.15, 0.2) is 11.5 Å². The summed E-state index contributed by atoms with van der Waals surface area (Å²) in [5.41, 5.74) is 3.81. The number of ether oxygens (including phenoxy) is 3. The van der Waals surface area contributed by atoms with Crippen molar-refractivity contribution in [2.24, 2.45) is 5.10 Å². The van der Waals surface area contributed by atoms with Crippen molar-refractivity contribution in [3.63, 3.8) is 0 Å². The molecule has 2 aromatic rings. The second kappa shape index (κ2) is 11.6. The average molecular weight is 384 g/mol. The third-order valence-corrected chi connectivity index (χ3v) is 4.17. The van der Waals surface area contributed by atoms with Crippen LogP contribution in [0.1, 0.15) is 48.5 Å². The number of nitrogens with zero attached hydrogens (tertiary/aromatic N) is 1. The molecule has 6 nitrogen and oxygen atoms in total. The number of amides is 1. The summed E-state index contributed by atoms with van der Waals surface area (Å²) in [6.45, 7) is 2.92. The van der Waals surface area contributed by atoms with Crippen LogP contribution in [0.3, 0.4) is 0 Å². The zero-order valence-electron chi connectivity index (χ0n) is 16.7. The van der Waals surface area contributed by atoms with Crippen LogP contribution in [0.5, 0.6) is 17.2 Å². The van der Waals surface area contributed by atoms with Gasteiger partial charge in [0.25, 0.3) is 5.91 Å². The van der Waals surface area contributed by atoms with E-state index in [2.05, 4.69) is 17.5 Å². The molecule has 0 aromatic heterocycles. The van der Waals surface area contributed by atoms with Crippen molar-refractivity contribution in [3.05, 3.63) is 53.6 Å². The molecule has 2 rings (SSSR count). The van der Waals surface area contributed by atoms with E-state index in [4.69, 9.17) is 14.2 Å². The van der Waals surface area contributed by atoms with Crippen LogP contribution in [-0.2, 0) is 0 Å². The lowest BCUT2D eigenvalue weighted by molar-refractivity contribution is 0.0954. The van der Waals surface area contributed by atoms with Crippen LogP contribution in [0, 0.1) is 0 Å². The fraction of sp³-hybridized carbons (Fsp3) is 0.364. The van der Waals surface area contributed by atoms with Gasteiger partial charge in [-0.25, -0.2) is 5.43 Å². The Hall–Kier alpha value is -3.02. The Kier molecular flexibility index (Phi) is 8.85. The van der Waals surface area contributed by atoms with Crippen molar-refractivity contribution in [3.8, 4) is 17.2 Å². The van der Waals surface area contributed by atoms with Gasteiger partial charge in [0, 0.05) is 5.56 Å². The van der Waals surface area contributed by atoms with E-state index in [1.165, 1.54) is 26.4 Å². The van der Waals surface area contributed by atoms with Crippen molar-refractivity contribution in [2.75, 3.05) is 20.8 Å². The molecule has 0 aliphatic carbocycles. The second-order valence-corrected chi connectivity index (χ2v) is 6.25. The summed E-state index contributed by atoms with van der Waals surface area (Å²) in [6.07, 6.45) is 6.31. The molecule has 28 heavy (non-hydrogen) atoms. The number of benzene rings is 2. The molecule has 1 amide bonds. The van der Waals surface area contributed by atoms with Crippen molar-refractivity contribution in [1.82, 2.24) is 5.43 Å². The number of hydrogen-bond acceptors (Lipinski definition) is 5. The Balaban J connectivity index is 1.84. The Morgan fingerprint density at radius 1 is 1.00 bits per heavy atom. The monoisotopic (exact) mass is 384 g/mol. The van der Waals surface area contributed by atoms with Crippen LogP contribution in [0.2, 0.25) is 0 Å². The van der Waals surface area contributed by atoms with E-state index in [0.29, 0.717) is 17.1 Å². The Bertz CT molecular complexity index is 773. The van der Waals surface area contributed by atoms with Crippen LogP contribution in [0.15, 0.2) is 47.6 Å². The molecule has 0 spiro atoms. The van der Waals surface area contributed by atoms with E-state index < -0.39 is 0 Å². The van der Waals surface area contributed by atoms with Gasteiger partial charge in [-0.3, -0.25) is 4.79 Å². The number of unbranched alkanes of at least 4 members (excludes halogenated alkanes) is 3. The molecule has 0 aliphatic rings. The Labute approximate surface area is 166 Å². The molecule has 0 unspecified atom stereocenters. The molecule has 2 aromatic carbocycles. The lowest BCUT2D eigenvalue weighted by Gasteiger charge is -2.08. The molecule has 1 N–H and O–H groups in total. The SMILES string of the molecule is CCCCCCOc1ccc(/C=N/NC(=O)c2ccc(OC)c(OC)c2)cc1. The highest BCUT2D eigenvalue weighted by molar-refractivity contribution is 5.95. The molecule has 0 saturated heterocycles. The van der Waals surface area contributed by atoms with Gasteiger partial charge in [-0.15, -0.1) is 0 Å². The minimum absolute atomic E-state index is 0.329. The van der Waals surface area contributed by atoms with Gasteiger partial charge in [-0.1, -0.05) is 26.2 Å². The third-order valence-electron chi connectivity index (χ3n) is 4.17. The number of rotatable bonds is 11. The molecule has 0 bridgehead atoms. The van der Waals surface area contributed by atoms with Crippen LogP contribution < -0.4 is 19.6 Å². The number of hydrazone groups is 1. The Morgan fingerprint density at radius 3 is 2.43 bits per heavy atom. The largest absolute Gasteiger partial charge is 0.494 e. The summed E-state index contributed by atoms with van der Waals surface area (Å²) in [7, 11) is 3.07. The minimum Gasteiger partial charge on any atom is -0.494 e. The second-order valence-electron chi connectivity index (χ2n) is 6.25. The molecule has 6 heteroatoms. The van der Waals surface area contributed by atoms with E-state index in [1.54, 1.807) is 31.5 Å². The first kappa shape index (κ1) is 21.3. The van der Waals surface area contributed by atoms with E-state index in [0.717, 1.165) is 24.3 Å². The summed E-state index contributed by atoms with van der Waals surface area (Å²) in [5, 5.41) is 4.00. The number of hydrogen-bond donors (Lipinski definition) is 1. The van der Waals surface area contributed by atoms with Crippen molar-refractivity contribution in [2.45, 2.75) is 32.6 Å². The quantitative estimate of drug-likeness (QED) is 0.354. The maximum atomic E-state index is 12.2. The fourth-order valence-electron chi connectivity index (χ4n) is 2.58. The smallest absolute Gasteiger partial charge is 0.271 e. The highest BCUT2D eigenvalue weighted by Gasteiger charge is 2.09. The van der Waals surface area contributed by atoms with Gasteiger partial charge < -0.3 is 14.2 Å². The molecule has 150 valence electrons.